The molecule has 1 rings (SSSR count). The lowest BCUT2D eigenvalue weighted by Gasteiger charge is -2.17. The minimum atomic E-state index is -0.626. The molecule has 0 unspecified atom stereocenters. The molecule has 0 aromatic heterocycles. The summed E-state index contributed by atoms with van der Waals surface area (Å²) in [5.74, 6) is -1.22. The first-order chi connectivity index (χ1) is 10.1. The Morgan fingerprint density at radius 1 is 1.10 bits per heavy atom. The number of anilines is 1. The average Bonchev–Trinajstić information content (AvgIpc) is 2.49. The summed E-state index contributed by atoms with van der Waals surface area (Å²) >= 11 is 2.18. The van der Waals surface area contributed by atoms with E-state index in [1.54, 1.807) is 12.1 Å². The Hall–Kier alpha value is -1.15. The molecule has 0 radical (unpaired) electrons. The zero-order valence-corrected chi connectivity index (χ0v) is 14.6. The summed E-state index contributed by atoms with van der Waals surface area (Å²) < 4.78 is 1.08. The minimum Gasteiger partial charge on any atom is -0.348 e. The lowest BCUT2D eigenvalue weighted by molar-refractivity contribution is -0.136. The molecule has 1 aromatic carbocycles. The first kappa shape index (κ1) is 17.9. The lowest BCUT2D eigenvalue weighted by Crippen LogP contribution is -2.37. The highest BCUT2D eigenvalue weighted by molar-refractivity contribution is 14.1. The van der Waals surface area contributed by atoms with Crippen molar-refractivity contribution in [3.8, 4) is 0 Å². The fraction of sp³-hybridized carbons (Fsp3) is 0.467. The number of halogens is 1. The van der Waals surface area contributed by atoms with Crippen LogP contribution in [0.25, 0.3) is 0 Å². The van der Waals surface area contributed by atoms with Crippen molar-refractivity contribution in [3.63, 3.8) is 0 Å². The molecule has 0 aliphatic carbocycles. The third-order valence-corrected chi connectivity index (χ3v) is 3.86. The predicted molar refractivity (Wildman–Crippen MR) is 93.2 cm³/mol. The van der Waals surface area contributed by atoms with E-state index in [0.29, 0.717) is 12.2 Å². The maximum atomic E-state index is 11.7. The summed E-state index contributed by atoms with van der Waals surface area (Å²) in [5, 5.41) is 5.21. The van der Waals surface area contributed by atoms with Gasteiger partial charge in [-0.05, 0) is 72.9 Å². The molecule has 0 aliphatic heterocycles. The van der Waals surface area contributed by atoms with E-state index in [4.69, 9.17) is 0 Å². The summed E-state index contributed by atoms with van der Waals surface area (Å²) in [6.45, 7) is 7.64. The molecule has 0 aliphatic rings. The summed E-state index contributed by atoms with van der Waals surface area (Å²) in [5.41, 5.74) is 0.624. The number of rotatable bonds is 7. The van der Waals surface area contributed by atoms with Crippen LogP contribution in [0.2, 0.25) is 0 Å². The van der Waals surface area contributed by atoms with Crippen LogP contribution in [0, 0.1) is 3.57 Å². The number of hydrogen-bond acceptors (Lipinski definition) is 3. The first-order valence-corrected chi connectivity index (χ1v) is 8.21. The number of hydrogen-bond donors (Lipinski definition) is 2. The fourth-order valence-electron chi connectivity index (χ4n) is 1.85. The normalized spacial score (nSPS) is 10.5. The maximum absolute atomic E-state index is 11.7. The van der Waals surface area contributed by atoms with Crippen molar-refractivity contribution in [2.24, 2.45) is 0 Å². The van der Waals surface area contributed by atoms with Crippen LogP contribution in [0.15, 0.2) is 24.3 Å². The largest absolute Gasteiger partial charge is 0.348 e. The highest BCUT2D eigenvalue weighted by atomic mass is 127. The summed E-state index contributed by atoms with van der Waals surface area (Å²) in [4.78, 5) is 25.6. The summed E-state index contributed by atoms with van der Waals surface area (Å²) in [7, 11) is 0. The zero-order chi connectivity index (χ0) is 15.7. The third-order valence-electron chi connectivity index (χ3n) is 3.14. The van der Waals surface area contributed by atoms with E-state index < -0.39 is 11.8 Å². The van der Waals surface area contributed by atoms with Gasteiger partial charge in [0.2, 0.25) is 0 Å². The molecule has 0 saturated heterocycles. The van der Waals surface area contributed by atoms with E-state index in [-0.39, 0.29) is 0 Å². The molecule has 0 atom stereocenters. The van der Waals surface area contributed by atoms with Gasteiger partial charge in [0.25, 0.3) is 0 Å². The second kappa shape index (κ2) is 9.73. The Balaban J connectivity index is 2.28. The predicted octanol–water partition coefficient (Wildman–Crippen LogP) is 2.08. The first-order valence-electron chi connectivity index (χ1n) is 7.14. The van der Waals surface area contributed by atoms with Crippen LogP contribution < -0.4 is 10.6 Å². The number of nitrogens with zero attached hydrogens (tertiary/aromatic N) is 1. The molecular formula is C15H22IN3O2. The van der Waals surface area contributed by atoms with E-state index in [1.165, 1.54) is 0 Å². The molecular weight excluding hydrogens is 381 g/mol. The van der Waals surface area contributed by atoms with E-state index in [2.05, 4.69) is 52.0 Å². The molecule has 6 heteroatoms. The smallest absolute Gasteiger partial charge is 0.313 e. The molecule has 1 aromatic rings. The fourth-order valence-corrected chi connectivity index (χ4v) is 2.21. The quantitative estimate of drug-likeness (QED) is 0.417. The molecule has 0 spiro atoms. The second-order valence-corrected chi connectivity index (χ2v) is 5.84. The van der Waals surface area contributed by atoms with Gasteiger partial charge in [-0.15, -0.1) is 0 Å². The molecule has 0 fully saturated rings. The van der Waals surface area contributed by atoms with Gasteiger partial charge in [0.1, 0.15) is 0 Å². The SMILES string of the molecule is CCN(CC)CCCNC(=O)C(=O)Nc1ccc(I)cc1. The van der Waals surface area contributed by atoms with Crippen LogP contribution in [0.4, 0.5) is 5.69 Å². The van der Waals surface area contributed by atoms with Crippen molar-refractivity contribution in [3.05, 3.63) is 27.8 Å². The van der Waals surface area contributed by atoms with E-state index in [1.807, 2.05) is 12.1 Å². The van der Waals surface area contributed by atoms with Gasteiger partial charge in [-0.1, -0.05) is 13.8 Å². The molecule has 2 N–H and O–H groups in total. The highest BCUT2D eigenvalue weighted by Gasteiger charge is 2.12. The van der Waals surface area contributed by atoms with Crippen LogP contribution in [0.1, 0.15) is 20.3 Å². The van der Waals surface area contributed by atoms with Crippen LogP contribution in [-0.4, -0.2) is 42.9 Å². The number of nitrogens with one attached hydrogen (secondary N) is 2. The molecule has 21 heavy (non-hydrogen) atoms. The molecule has 2 amide bonds. The number of benzene rings is 1. The molecule has 5 nitrogen and oxygen atoms in total. The van der Waals surface area contributed by atoms with Crippen molar-refractivity contribution < 1.29 is 9.59 Å². The van der Waals surface area contributed by atoms with Crippen LogP contribution in [0.5, 0.6) is 0 Å². The van der Waals surface area contributed by atoms with Crippen molar-refractivity contribution in [1.29, 1.82) is 0 Å². The van der Waals surface area contributed by atoms with Gasteiger partial charge in [0, 0.05) is 15.8 Å². The highest BCUT2D eigenvalue weighted by Crippen LogP contribution is 2.10. The van der Waals surface area contributed by atoms with Gasteiger partial charge in [-0.2, -0.15) is 0 Å². The molecule has 116 valence electrons. The van der Waals surface area contributed by atoms with Gasteiger partial charge in [-0.3, -0.25) is 9.59 Å². The molecule has 0 bridgehead atoms. The minimum absolute atomic E-state index is 0.509. The van der Waals surface area contributed by atoms with E-state index in [0.717, 1.165) is 29.6 Å². The standard InChI is InChI=1S/C15H22IN3O2/c1-3-19(4-2)11-5-10-17-14(20)15(21)18-13-8-6-12(16)7-9-13/h6-9H,3-5,10-11H2,1-2H3,(H,17,20)(H,18,21). The monoisotopic (exact) mass is 403 g/mol. The second-order valence-electron chi connectivity index (χ2n) is 4.60. The van der Waals surface area contributed by atoms with Crippen molar-refractivity contribution in [1.82, 2.24) is 10.2 Å². The topological polar surface area (TPSA) is 61.4 Å². The van der Waals surface area contributed by atoms with Gasteiger partial charge in [-0.25, -0.2) is 0 Å². The Bertz CT molecular complexity index is 458. The maximum Gasteiger partial charge on any atom is 0.313 e. The average molecular weight is 403 g/mol. The van der Waals surface area contributed by atoms with Crippen molar-refractivity contribution in [2.45, 2.75) is 20.3 Å². The Labute approximate surface area is 139 Å². The summed E-state index contributed by atoms with van der Waals surface area (Å²) in [6.07, 6.45) is 0.838. The van der Waals surface area contributed by atoms with Crippen LogP contribution in [-0.2, 0) is 9.59 Å². The van der Waals surface area contributed by atoms with Crippen molar-refractivity contribution in [2.75, 3.05) is 31.5 Å². The summed E-state index contributed by atoms with van der Waals surface area (Å²) in [6, 6.07) is 7.29. The van der Waals surface area contributed by atoms with Crippen LogP contribution in [0.3, 0.4) is 0 Å². The Kier molecular flexibility index (Phi) is 8.29. The van der Waals surface area contributed by atoms with E-state index >= 15 is 0 Å². The van der Waals surface area contributed by atoms with Gasteiger partial charge in [0.15, 0.2) is 0 Å². The van der Waals surface area contributed by atoms with Gasteiger partial charge >= 0.3 is 11.8 Å². The molecule has 0 heterocycles. The number of carbonyl (C=O) groups excluding carboxylic acids is 2. The van der Waals surface area contributed by atoms with Gasteiger partial charge in [0.05, 0.1) is 0 Å². The Morgan fingerprint density at radius 3 is 2.29 bits per heavy atom. The third kappa shape index (κ3) is 6.90. The number of amides is 2. The lowest BCUT2D eigenvalue weighted by atomic mass is 10.3. The zero-order valence-electron chi connectivity index (χ0n) is 12.5. The Morgan fingerprint density at radius 2 is 1.71 bits per heavy atom. The number of carbonyl (C=O) groups is 2. The van der Waals surface area contributed by atoms with Crippen LogP contribution >= 0.6 is 22.6 Å². The van der Waals surface area contributed by atoms with E-state index in [9.17, 15) is 9.59 Å². The molecule has 0 saturated carbocycles. The van der Waals surface area contributed by atoms with Crippen molar-refractivity contribution >= 4 is 40.1 Å². The van der Waals surface area contributed by atoms with Gasteiger partial charge < -0.3 is 15.5 Å².